The quantitative estimate of drug-likeness (QED) is 0.510. The summed E-state index contributed by atoms with van der Waals surface area (Å²) in [6, 6.07) is 7.09. The van der Waals surface area contributed by atoms with Gasteiger partial charge in [-0.25, -0.2) is 29.3 Å². The molecule has 4 aromatic heterocycles. The van der Waals surface area contributed by atoms with Gasteiger partial charge in [0, 0.05) is 31.9 Å². The van der Waals surface area contributed by atoms with Gasteiger partial charge in [-0.1, -0.05) is 0 Å². The minimum atomic E-state index is -0.107. The Hall–Kier alpha value is -3.69. The van der Waals surface area contributed by atoms with Crippen molar-refractivity contribution < 1.29 is 0 Å². The van der Waals surface area contributed by atoms with Crippen LogP contribution < -0.4 is 10.5 Å². The number of aromatic nitrogens is 8. The molecule has 1 aliphatic heterocycles. The van der Waals surface area contributed by atoms with Crippen LogP contribution >= 0.6 is 0 Å². The molecule has 10 heteroatoms. The molecule has 1 aliphatic rings. The summed E-state index contributed by atoms with van der Waals surface area (Å²) in [4.78, 5) is 31.5. The minimum absolute atomic E-state index is 0.107. The normalized spacial score (nSPS) is 15.1. The van der Waals surface area contributed by atoms with Crippen molar-refractivity contribution in [2.45, 2.75) is 19.4 Å². The van der Waals surface area contributed by atoms with Gasteiger partial charge in [-0.2, -0.15) is 5.10 Å². The molecule has 10 nitrogen and oxygen atoms in total. The van der Waals surface area contributed by atoms with Crippen molar-refractivity contribution in [2.24, 2.45) is 5.92 Å². The Bertz CT molecular complexity index is 1170. The van der Waals surface area contributed by atoms with E-state index in [0.717, 1.165) is 37.1 Å². The molecule has 0 aromatic carbocycles. The molecular formula is C19H19N9O. The molecule has 0 saturated carbocycles. The number of hydrogen-bond acceptors (Lipinski definition) is 8. The second kappa shape index (κ2) is 7.38. The zero-order chi connectivity index (χ0) is 19.6. The molecule has 0 aliphatic carbocycles. The van der Waals surface area contributed by atoms with E-state index >= 15 is 0 Å². The standard InChI is InChI=1S/C19H19N9O/c29-17-4-3-16(28-13-20-11-24-28)25-27(17)10-14-5-8-26(9-6-14)19-15-2-1-7-21-18(15)22-12-23-19/h1-4,7,11-14H,5-6,8-10H2. The smallest absolute Gasteiger partial charge is 0.266 e. The Morgan fingerprint density at radius 1 is 1.03 bits per heavy atom. The van der Waals surface area contributed by atoms with E-state index in [4.69, 9.17) is 0 Å². The van der Waals surface area contributed by atoms with Crippen molar-refractivity contribution in [1.82, 2.24) is 39.5 Å². The van der Waals surface area contributed by atoms with Crippen LogP contribution in [0, 0.1) is 5.92 Å². The van der Waals surface area contributed by atoms with Gasteiger partial charge >= 0.3 is 0 Å². The highest BCUT2D eigenvalue weighted by atomic mass is 16.1. The second-order valence-corrected chi connectivity index (χ2v) is 7.05. The molecule has 1 saturated heterocycles. The topological polar surface area (TPSA) is 108 Å². The number of anilines is 1. The molecule has 1 fully saturated rings. The van der Waals surface area contributed by atoms with Crippen molar-refractivity contribution in [1.29, 1.82) is 0 Å². The van der Waals surface area contributed by atoms with Crippen LogP contribution in [0.2, 0.25) is 0 Å². The minimum Gasteiger partial charge on any atom is -0.356 e. The van der Waals surface area contributed by atoms with Crippen LogP contribution in [-0.4, -0.2) is 52.6 Å². The Morgan fingerprint density at radius 3 is 2.76 bits per heavy atom. The van der Waals surface area contributed by atoms with Crippen molar-refractivity contribution in [2.75, 3.05) is 18.0 Å². The number of fused-ring (bicyclic) bond motifs is 1. The van der Waals surface area contributed by atoms with Crippen LogP contribution in [0.15, 0.2) is 54.2 Å². The number of hydrogen-bond donors (Lipinski definition) is 0. The van der Waals surface area contributed by atoms with E-state index in [1.54, 1.807) is 29.6 Å². The average molecular weight is 389 g/mol. The molecule has 0 N–H and O–H groups in total. The van der Waals surface area contributed by atoms with Crippen LogP contribution in [0.25, 0.3) is 16.9 Å². The molecule has 146 valence electrons. The zero-order valence-corrected chi connectivity index (χ0v) is 15.7. The maximum Gasteiger partial charge on any atom is 0.266 e. The highest BCUT2D eigenvalue weighted by Crippen LogP contribution is 2.27. The predicted molar refractivity (Wildman–Crippen MR) is 106 cm³/mol. The maximum absolute atomic E-state index is 12.3. The third kappa shape index (κ3) is 3.44. The van der Waals surface area contributed by atoms with Gasteiger partial charge in [-0.3, -0.25) is 4.79 Å². The maximum atomic E-state index is 12.3. The van der Waals surface area contributed by atoms with E-state index in [1.165, 1.54) is 17.1 Å². The van der Waals surface area contributed by atoms with Gasteiger partial charge in [0.05, 0.1) is 5.39 Å². The van der Waals surface area contributed by atoms with Gasteiger partial charge in [0.1, 0.15) is 24.8 Å². The first kappa shape index (κ1) is 17.4. The lowest BCUT2D eigenvalue weighted by Gasteiger charge is -2.33. The van der Waals surface area contributed by atoms with Gasteiger partial charge in [0.25, 0.3) is 5.56 Å². The molecule has 29 heavy (non-hydrogen) atoms. The van der Waals surface area contributed by atoms with E-state index in [9.17, 15) is 4.79 Å². The largest absolute Gasteiger partial charge is 0.356 e. The highest BCUT2D eigenvalue weighted by molar-refractivity contribution is 5.86. The molecule has 0 atom stereocenters. The molecule has 0 bridgehead atoms. The summed E-state index contributed by atoms with van der Waals surface area (Å²) in [5.41, 5.74) is 0.601. The van der Waals surface area contributed by atoms with E-state index in [2.05, 4.69) is 35.0 Å². The van der Waals surface area contributed by atoms with Crippen LogP contribution in [0.5, 0.6) is 0 Å². The Balaban J connectivity index is 1.30. The molecule has 5 rings (SSSR count). The van der Waals surface area contributed by atoms with Gasteiger partial charge in [-0.15, -0.1) is 5.10 Å². The molecular weight excluding hydrogens is 370 g/mol. The number of rotatable bonds is 4. The Kier molecular flexibility index (Phi) is 4.43. The Morgan fingerprint density at radius 2 is 1.93 bits per heavy atom. The lowest BCUT2D eigenvalue weighted by Crippen LogP contribution is -2.37. The second-order valence-electron chi connectivity index (χ2n) is 7.05. The van der Waals surface area contributed by atoms with Crippen molar-refractivity contribution >= 4 is 16.9 Å². The van der Waals surface area contributed by atoms with Crippen LogP contribution in [0.4, 0.5) is 5.82 Å². The van der Waals surface area contributed by atoms with Gasteiger partial charge in [0.2, 0.25) is 0 Å². The van der Waals surface area contributed by atoms with Gasteiger partial charge < -0.3 is 4.90 Å². The number of piperidine rings is 1. The SMILES string of the molecule is O=c1ccc(-n2cncn2)nn1CC1CCN(c2ncnc3ncccc23)CC1. The average Bonchev–Trinajstić information content (AvgIpc) is 3.30. The molecule has 0 radical (unpaired) electrons. The molecule has 5 heterocycles. The fourth-order valence-electron chi connectivity index (χ4n) is 3.72. The summed E-state index contributed by atoms with van der Waals surface area (Å²) >= 11 is 0. The van der Waals surface area contributed by atoms with Crippen molar-refractivity contribution in [3.05, 3.63) is 59.8 Å². The van der Waals surface area contributed by atoms with Crippen LogP contribution in [0.1, 0.15) is 12.8 Å². The van der Waals surface area contributed by atoms with E-state index in [-0.39, 0.29) is 5.56 Å². The summed E-state index contributed by atoms with van der Waals surface area (Å²) in [5.74, 6) is 1.87. The lowest BCUT2D eigenvalue weighted by molar-refractivity contribution is 0.334. The first-order chi connectivity index (χ1) is 14.3. The van der Waals surface area contributed by atoms with Crippen molar-refractivity contribution in [3.63, 3.8) is 0 Å². The number of nitrogens with zero attached hydrogens (tertiary/aromatic N) is 9. The summed E-state index contributed by atoms with van der Waals surface area (Å²) in [6.45, 7) is 2.31. The molecule has 4 aromatic rings. The lowest BCUT2D eigenvalue weighted by atomic mass is 9.96. The van der Waals surface area contributed by atoms with Gasteiger partial charge in [0.15, 0.2) is 11.5 Å². The summed E-state index contributed by atoms with van der Waals surface area (Å²) in [6.07, 6.45) is 8.22. The third-order valence-electron chi connectivity index (χ3n) is 5.24. The molecule has 0 unspecified atom stereocenters. The van der Waals surface area contributed by atoms with E-state index in [0.29, 0.717) is 23.9 Å². The highest BCUT2D eigenvalue weighted by Gasteiger charge is 2.23. The monoisotopic (exact) mass is 389 g/mol. The number of pyridine rings is 1. The van der Waals surface area contributed by atoms with E-state index < -0.39 is 0 Å². The van der Waals surface area contributed by atoms with Crippen LogP contribution in [0.3, 0.4) is 0 Å². The molecule has 0 spiro atoms. The van der Waals surface area contributed by atoms with Crippen molar-refractivity contribution in [3.8, 4) is 5.82 Å². The van der Waals surface area contributed by atoms with Gasteiger partial charge in [-0.05, 0) is 37.0 Å². The zero-order valence-electron chi connectivity index (χ0n) is 15.7. The first-order valence-corrected chi connectivity index (χ1v) is 9.52. The van der Waals surface area contributed by atoms with E-state index in [1.807, 2.05) is 12.1 Å². The first-order valence-electron chi connectivity index (χ1n) is 9.52. The van der Waals surface area contributed by atoms with Crippen LogP contribution in [-0.2, 0) is 6.54 Å². The summed E-state index contributed by atoms with van der Waals surface area (Å²) in [7, 11) is 0. The third-order valence-corrected chi connectivity index (χ3v) is 5.24. The fraction of sp³-hybridized carbons (Fsp3) is 0.316. The summed E-state index contributed by atoms with van der Waals surface area (Å²) in [5, 5.41) is 9.49. The predicted octanol–water partition coefficient (Wildman–Crippen LogP) is 1.08. The Labute approximate surface area is 165 Å². The summed E-state index contributed by atoms with van der Waals surface area (Å²) < 4.78 is 3.08. The fourth-order valence-corrected chi connectivity index (χ4v) is 3.72. The molecule has 0 amide bonds.